The fourth-order valence-corrected chi connectivity index (χ4v) is 5.51. The molecule has 1 saturated carbocycles. The van der Waals surface area contributed by atoms with E-state index >= 15 is 0 Å². The topological polar surface area (TPSA) is 88.0 Å². The molecule has 1 fully saturated rings. The van der Waals surface area contributed by atoms with Crippen LogP contribution in [0.25, 0.3) is 10.8 Å². The van der Waals surface area contributed by atoms with Crippen LogP contribution in [0.15, 0.2) is 54.6 Å². The van der Waals surface area contributed by atoms with Gasteiger partial charge in [-0.1, -0.05) is 54.1 Å². The summed E-state index contributed by atoms with van der Waals surface area (Å²) in [6, 6.07) is 18.4. The molecule has 190 valence electrons. The van der Waals surface area contributed by atoms with Gasteiger partial charge in [-0.2, -0.15) is 0 Å². The first-order chi connectivity index (χ1) is 17.1. The van der Waals surface area contributed by atoms with Gasteiger partial charge in [0.25, 0.3) is 0 Å². The predicted octanol–water partition coefficient (Wildman–Crippen LogP) is 5.10. The lowest BCUT2D eigenvalue weighted by Crippen LogP contribution is -2.46. The highest BCUT2D eigenvalue weighted by molar-refractivity contribution is 6.30. The Hall–Kier alpha value is -2.64. The molecule has 0 aromatic heterocycles. The van der Waals surface area contributed by atoms with Gasteiger partial charge in [0.2, 0.25) is 0 Å². The average molecular weight is 510 g/mol. The third-order valence-corrected chi connectivity index (χ3v) is 7.43. The summed E-state index contributed by atoms with van der Waals surface area (Å²) in [5.74, 6) is -0.836. The van der Waals surface area contributed by atoms with Crippen LogP contribution in [0.1, 0.15) is 49.5 Å². The first-order valence-corrected chi connectivity index (χ1v) is 12.8. The number of ether oxygens (including phenoxy) is 2. The third-order valence-electron chi connectivity index (χ3n) is 7.22. The van der Waals surface area contributed by atoms with E-state index < -0.39 is 18.0 Å². The zero-order valence-electron chi connectivity index (χ0n) is 20.7. The van der Waals surface area contributed by atoms with E-state index in [9.17, 15) is 15.0 Å². The van der Waals surface area contributed by atoms with Gasteiger partial charge in [0.05, 0.1) is 18.8 Å². The Bertz CT molecular complexity index is 1290. The average Bonchev–Trinajstić information content (AvgIpc) is 3.44. The van der Waals surface area contributed by atoms with E-state index in [2.05, 4.69) is 49.5 Å². The standard InChI is InChI=1S/C29H32ClNO5/c1-16(22-11-20(30)12-23-24-25(28(33)34)27(24)36-26(22)23)35-15-21(32)14-31-29(2,3)13-17-8-9-18-6-4-5-7-19(18)10-17/h4-12,16,21,24-25,27,31-32H,13-15H2,1-3H3,(H,33,34)/t16-,21?,24+,25+,27+/m1/s1. The summed E-state index contributed by atoms with van der Waals surface area (Å²) >= 11 is 6.33. The Kier molecular flexibility index (Phi) is 6.72. The van der Waals surface area contributed by atoms with Gasteiger partial charge >= 0.3 is 5.97 Å². The number of aliphatic carboxylic acids is 1. The Balaban J connectivity index is 1.15. The van der Waals surface area contributed by atoms with Crippen LogP contribution in [0, 0.1) is 5.92 Å². The van der Waals surface area contributed by atoms with Crippen molar-refractivity contribution < 1.29 is 24.5 Å². The van der Waals surface area contributed by atoms with Crippen LogP contribution in [0.2, 0.25) is 5.02 Å². The number of benzene rings is 3. The molecule has 0 amide bonds. The van der Waals surface area contributed by atoms with E-state index in [1.54, 1.807) is 12.1 Å². The lowest BCUT2D eigenvalue weighted by Gasteiger charge is -2.28. The lowest BCUT2D eigenvalue weighted by atomic mass is 9.93. The van der Waals surface area contributed by atoms with Crippen molar-refractivity contribution in [3.63, 3.8) is 0 Å². The van der Waals surface area contributed by atoms with Crippen molar-refractivity contribution in [3.8, 4) is 5.75 Å². The van der Waals surface area contributed by atoms with E-state index in [4.69, 9.17) is 21.1 Å². The molecule has 7 heteroatoms. The summed E-state index contributed by atoms with van der Waals surface area (Å²) in [4.78, 5) is 11.4. The smallest absolute Gasteiger partial charge is 0.311 e. The number of halogens is 1. The maximum atomic E-state index is 11.4. The van der Waals surface area contributed by atoms with Crippen LogP contribution < -0.4 is 10.1 Å². The van der Waals surface area contributed by atoms with Gasteiger partial charge in [0, 0.05) is 34.2 Å². The van der Waals surface area contributed by atoms with Crippen molar-refractivity contribution in [2.45, 2.75) is 57.0 Å². The van der Waals surface area contributed by atoms with Gasteiger partial charge in [-0.05, 0) is 55.7 Å². The number of hydrogen-bond acceptors (Lipinski definition) is 5. The molecule has 1 aliphatic heterocycles. The summed E-state index contributed by atoms with van der Waals surface area (Å²) in [5.41, 5.74) is 2.65. The summed E-state index contributed by atoms with van der Waals surface area (Å²) in [7, 11) is 0. The monoisotopic (exact) mass is 509 g/mol. The van der Waals surface area contributed by atoms with Gasteiger partial charge in [-0.3, -0.25) is 4.79 Å². The minimum absolute atomic E-state index is 0.145. The summed E-state index contributed by atoms with van der Waals surface area (Å²) < 4.78 is 11.9. The maximum Gasteiger partial charge on any atom is 0.311 e. The van der Waals surface area contributed by atoms with Crippen molar-refractivity contribution in [2.75, 3.05) is 13.2 Å². The molecule has 0 saturated heterocycles. The number of carboxylic acid groups (broad SMARTS) is 1. The summed E-state index contributed by atoms with van der Waals surface area (Å²) in [6.07, 6.45) is -0.561. The Morgan fingerprint density at radius 1 is 1.17 bits per heavy atom. The number of hydrogen-bond donors (Lipinski definition) is 3. The summed E-state index contributed by atoms with van der Waals surface area (Å²) in [5, 5.41) is 26.4. The number of rotatable bonds is 10. The van der Waals surface area contributed by atoms with Crippen LogP contribution in [0.3, 0.4) is 0 Å². The van der Waals surface area contributed by atoms with Gasteiger partial charge in [0.1, 0.15) is 17.8 Å². The number of nitrogens with one attached hydrogen (secondary N) is 1. The fraction of sp³-hybridized carbons (Fsp3) is 0.414. The molecule has 2 aliphatic rings. The van der Waals surface area contributed by atoms with Crippen LogP contribution in [-0.4, -0.2) is 47.1 Å². The molecule has 5 rings (SSSR count). The molecule has 3 aromatic carbocycles. The van der Waals surface area contributed by atoms with Crippen LogP contribution in [-0.2, 0) is 16.0 Å². The number of aliphatic hydroxyl groups excluding tert-OH is 1. The minimum Gasteiger partial charge on any atom is -0.488 e. The zero-order chi connectivity index (χ0) is 25.6. The highest BCUT2D eigenvalue weighted by Gasteiger charge is 2.63. The Morgan fingerprint density at radius 3 is 2.67 bits per heavy atom. The lowest BCUT2D eigenvalue weighted by molar-refractivity contribution is -0.139. The molecule has 36 heavy (non-hydrogen) atoms. The number of fused-ring (bicyclic) bond motifs is 4. The second-order valence-corrected chi connectivity index (χ2v) is 11.1. The fourth-order valence-electron chi connectivity index (χ4n) is 5.27. The minimum atomic E-state index is -0.847. The molecular formula is C29H32ClNO5. The number of carboxylic acids is 1. The normalized spacial score (nSPS) is 22.0. The molecule has 1 heterocycles. The van der Waals surface area contributed by atoms with Crippen molar-refractivity contribution >= 4 is 28.3 Å². The first kappa shape index (κ1) is 25.0. The molecule has 0 spiro atoms. The van der Waals surface area contributed by atoms with Gasteiger partial charge in [0.15, 0.2) is 0 Å². The van der Waals surface area contributed by atoms with Crippen molar-refractivity contribution in [1.29, 1.82) is 0 Å². The maximum absolute atomic E-state index is 11.4. The molecule has 5 atom stereocenters. The quantitative estimate of drug-likeness (QED) is 0.352. The van der Waals surface area contributed by atoms with Gasteiger partial charge < -0.3 is 25.0 Å². The molecule has 3 N–H and O–H groups in total. The molecule has 0 bridgehead atoms. The molecule has 0 radical (unpaired) electrons. The van der Waals surface area contributed by atoms with Gasteiger partial charge in [-0.25, -0.2) is 0 Å². The van der Waals surface area contributed by atoms with Crippen LogP contribution in [0.5, 0.6) is 5.75 Å². The van der Waals surface area contributed by atoms with E-state index in [1.807, 2.05) is 19.1 Å². The highest BCUT2D eigenvalue weighted by atomic mass is 35.5. The number of aliphatic hydroxyl groups is 1. The largest absolute Gasteiger partial charge is 0.488 e. The zero-order valence-corrected chi connectivity index (χ0v) is 21.5. The number of carbonyl (C=O) groups is 1. The molecule has 3 aromatic rings. The van der Waals surface area contributed by atoms with E-state index in [-0.39, 0.29) is 30.3 Å². The second kappa shape index (κ2) is 9.67. The predicted molar refractivity (Wildman–Crippen MR) is 140 cm³/mol. The van der Waals surface area contributed by atoms with E-state index in [0.29, 0.717) is 17.3 Å². The Labute approximate surface area is 216 Å². The van der Waals surface area contributed by atoms with Crippen LogP contribution >= 0.6 is 11.6 Å². The third kappa shape index (κ3) is 5.09. The highest BCUT2D eigenvalue weighted by Crippen LogP contribution is 2.60. The van der Waals surface area contributed by atoms with Crippen molar-refractivity contribution in [3.05, 3.63) is 76.3 Å². The van der Waals surface area contributed by atoms with Gasteiger partial charge in [-0.15, -0.1) is 0 Å². The SMILES string of the molecule is C[C@@H](OCC(O)CNC(C)(C)Cc1ccc2ccccc2c1)c1cc(Cl)cc2c1O[C@@H]1[C@@H](C(=O)O)[C@H]21. The molecule has 1 aliphatic carbocycles. The Morgan fingerprint density at radius 2 is 1.92 bits per heavy atom. The van der Waals surface area contributed by atoms with Crippen molar-refractivity contribution in [2.24, 2.45) is 5.92 Å². The van der Waals surface area contributed by atoms with Crippen molar-refractivity contribution in [1.82, 2.24) is 5.32 Å². The molecule has 1 unspecified atom stereocenters. The van der Waals surface area contributed by atoms with Crippen LogP contribution in [0.4, 0.5) is 0 Å². The van der Waals surface area contributed by atoms with E-state index in [1.165, 1.54) is 16.3 Å². The second-order valence-electron chi connectivity index (χ2n) is 10.6. The number of β-amino-alcohol motifs (C(OH)–C–C–N with tert-alkyl or cyclic N) is 1. The molecule has 6 nitrogen and oxygen atoms in total. The summed E-state index contributed by atoms with van der Waals surface area (Å²) in [6.45, 7) is 6.67. The first-order valence-electron chi connectivity index (χ1n) is 12.4. The van der Waals surface area contributed by atoms with E-state index in [0.717, 1.165) is 17.5 Å². The molecular weight excluding hydrogens is 478 g/mol.